The summed E-state index contributed by atoms with van der Waals surface area (Å²) in [4.78, 5) is 15.1. The van der Waals surface area contributed by atoms with Crippen LogP contribution in [-0.4, -0.2) is 19.5 Å². The molecule has 0 aliphatic carbocycles. The lowest BCUT2D eigenvalue weighted by molar-refractivity contribution is 0.955. The van der Waals surface area contributed by atoms with Crippen molar-refractivity contribution < 1.29 is 5.48 Å². The lowest BCUT2D eigenvalue weighted by Gasteiger charge is -2.11. The van der Waals surface area contributed by atoms with E-state index >= 15 is 0 Å². The highest BCUT2D eigenvalue weighted by molar-refractivity contribution is 7.26. The van der Waals surface area contributed by atoms with Crippen LogP contribution >= 0.6 is 11.3 Å². The van der Waals surface area contributed by atoms with E-state index in [9.17, 15) is 0 Å². The molecule has 44 heavy (non-hydrogen) atoms. The van der Waals surface area contributed by atoms with E-state index in [1.54, 1.807) is 0 Å². The molecule has 0 aliphatic rings. The predicted molar refractivity (Wildman–Crippen MR) is 183 cm³/mol. The van der Waals surface area contributed by atoms with E-state index in [1.807, 2.05) is 89.5 Å². The highest BCUT2D eigenvalue weighted by Crippen LogP contribution is 2.43. The zero-order valence-electron chi connectivity index (χ0n) is 27.2. The molecule has 9 rings (SSSR count). The van der Waals surface area contributed by atoms with Crippen LogP contribution in [0.3, 0.4) is 0 Å². The van der Waals surface area contributed by atoms with Crippen molar-refractivity contribution in [1.29, 1.82) is 0 Å². The van der Waals surface area contributed by atoms with Crippen LogP contribution in [0.5, 0.6) is 0 Å². The maximum atomic E-state index is 9.01. The fraction of sp³-hybridized carbons (Fsp3) is 0. The molecule has 0 N–H and O–H groups in total. The lowest BCUT2D eigenvalue weighted by atomic mass is 10.0. The second-order valence-electron chi connectivity index (χ2n) is 10.6. The van der Waals surface area contributed by atoms with Gasteiger partial charge in [0.15, 0.2) is 11.6 Å². The minimum Gasteiger partial charge on any atom is -0.277 e. The minimum absolute atomic E-state index is 0.0349. The Balaban J connectivity index is 1.47. The van der Waals surface area contributed by atoms with E-state index in [0.29, 0.717) is 27.7 Å². The van der Waals surface area contributed by atoms with Gasteiger partial charge in [0.05, 0.1) is 16.5 Å². The van der Waals surface area contributed by atoms with Crippen LogP contribution in [0.2, 0.25) is 0 Å². The molecule has 0 aliphatic heterocycles. The van der Waals surface area contributed by atoms with E-state index in [0.717, 1.165) is 54.1 Å². The molecule has 206 valence electrons. The van der Waals surface area contributed by atoms with Gasteiger partial charge in [-0.25, -0.2) is 4.98 Å². The summed E-state index contributed by atoms with van der Waals surface area (Å²) in [5.41, 5.74) is 5.52. The molecule has 9 aromatic rings. The molecule has 4 nitrogen and oxygen atoms in total. The van der Waals surface area contributed by atoms with Crippen LogP contribution in [0.25, 0.3) is 81.8 Å². The molecule has 0 saturated heterocycles. The quantitative estimate of drug-likeness (QED) is 0.207. The Labute approximate surface area is 263 Å². The van der Waals surface area contributed by atoms with E-state index in [1.165, 1.54) is 11.3 Å². The summed E-state index contributed by atoms with van der Waals surface area (Å²) in [7, 11) is 0. The SMILES string of the molecule is [2H]c1c([2H])c([2H])c2c(sc3ccc4c5cc(-c6ccccc6)ccc5n(-c5nc(-c6ccccc6)nc(-c6ccccc6)n5)c4c32)c1[2H]. The molecule has 0 unspecified atom stereocenters. The summed E-state index contributed by atoms with van der Waals surface area (Å²) in [6.45, 7) is 0. The van der Waals surface area contributed by atoms with Gasteiger partial charge >= 0.3 is 0 Å². The van der Waals surface area contributed by atoms with Crippen LogP contribution in [0.4, 0.5) is 0 Å². The molecule has 3 aromatic heterocycles. The van der Waals surface area contributed by atoms with Gasteiger partial charge in [0, 0.05) is 42.1 Å². The predicted octanol–water partition coefficient (Wildman–Crippen LogP) is 10.3. The van der Waals surface area contributed by atoms with Crippen molar-refractivity contribution in [1.82, 2.24) is 19.5 Å². The highest BCUT2D eigenvalue weighted by atomic mass is 32.1. The molecular formula is C39H24N4S. The number of aromatic nitrogens is 4. The number of hydrogen-bond donors (Lipinski definition) is 0. The van der Waals surface area contributed by atoms with Gasteiger partial charge in [-0.2, -0.15) is 9.97 Å². The summed E-state index contributed by atoms with van der Waals surface area (Å²) >= 11 is 1.38. The van der Waals surface area contributed by atoms with Crippen molar-refractivity contribution in [2.75, 3.05) is 0 Å². The molecule has 3 heterocycles. The molecule has 0 amide bonds. The second kappa shape index (κ2) is 9.97. The zero-order valence-corrected chi connectivity index (χ0v) is 24.1. The molecule has 0 fully saturated rings. The van der Waals surface area contributed by atoms with Gasteiger partial charge < -0.3 is 0 Å². The Hall–Kier alpha value is -5.65. The third-order valence-electron chi connectivity index (χ3n) is 8.00. The minimum atomic E-state index is -0.254. The maximum Gasteiger partial charge on any atom is 0.238 e. The van der Waals surface area contributed by atoms with Gasteiger partial charge in [0.2, 0.25) is 5.95 Å². The van der Waals surface area contributed by atoms with Gasteiger partial charge in [-0.05, 0) is 35.4 Å². The lowest BCUT2D eigenvalue weighted by Crippen LogP contribution is -2.06. The zero-order chi connectivity index (χ0) is 32.5. The smallest absolute Gasteiger partial charge is 0.238 e. The Kier molecular flexibility index (Phi) is 4.78. The van der Waals surface area contributed by atoms with Gasteiger partial charge in [0.25, 0.3) is 0 Å². The Bertz CT molecular complexity index is 2650. The van der Waals surface area contributed by atoms with Crippen molar-refractivity contribution in [3.05, 3.63) is 145 Å². The van der Waals surface area contributed by atoms with Crippen molar-refractivity contribution in [3.8, 4) is 39.9 Å². The van der Waals surface area contributed by atoms with Crippen molar-refractivity contribution in [2.45, 2.75) is 0 Å². The third kappa shape index (κ3) is 3.94. The van der Waals surface area contributed by atoms with Crippen LogP contribution in [-0.2, 0) is 0 Å². The number of fused-ring (bicyclic) bond motifs is 7. The van der Waals surface area contributed by atoms with Gasteiger partial charge in [-0.15, -0.1) is 11.3 Å². The van der Waals surface area contributed by atoms with Gasteiger partial charge in [-0.1, -0.05) is 121 Å². The highest BCUT2D eigenvalue weighted by Gasteiger charge is 2.21. The molecule has 5 heteroatoms. The molecule has 0 saturated carbocycles. The average molecular weight is 585 g/mol. The van der Waals surface area contributed by atoms with E-state index < -0.39 is 0 Å². The van der Waals surface area contributed by atoms with Crippen LogP contribution in [0, 0.1) is 0 Å². The summed E-state index contributed by atoms with van der Waals surface area (Å²) in [6, 6.07) is 39.8. The summed E-state index contributed by atoms with van der Waals surface area (Å²) in [6.07, 6.45) is 0. The van der Waals surface area contributed by atoms with E-state index in [4.69, 9.17) is 20.4 Å². The standard InChI is InChI=1S/C39H24N4S/c1-4-12-25(13-5-1)28-20-22-32-31(24-28)29-21-23-34-35(30-18-10-11-19-33(30)44-34)36(29)43(32)39-41-37(26-14-6-2-7-15-26)40-38(42-39)27-16-8-3-9-17-27/h1-24H/i10D,11D,18D,19D. The molecule has 0 atom stereocenters. The normalized spacial score (nSPS) is 12.9. The van der Waals surface area contributed by atoms with Gasteiger partial charge in [0.1, 0.15) is 0 Å². The van der Waals surface area contributed by atoms with Crippen molar-refractivity contribution >= 4 is 53.3 Å². The number of benzene rings is 6. The first-order chi connectivity index (χ1) is 23.5. The maximum absolute atomic E-state index is 9.01. The second-order valence-corrected chi connectivity index (χ2v) is 11.6. The first-order valence-electron chi connectivity index (χ1n) is 16.3. The molecule has 0 spiro atoms. The van der Waals surface area contributed by atoms with Crippen LogP contribution in [0.1, 0.15) is 5.48 Å². The first-order valence-corrected chi connectivity index (χ1v) is 15.1. The third-order valence-corrected chi connectivity index (χ3v) is 9.07. The fourth-order valence-corrected chi connectivity index (χ4v) is 7.01. The topological polar surface area (TPSA) is 43.6 Å². The van der Waals surface area contributed by atoms with Crippen LogP contribution < -0.4 is 0 Å². The molecular weight excluding hydrogens is 557 g/mol. The van der Waals surface area contributed by atoms with Crippen molar-refractivity contribution in [2.24, 2.45) is 0 Å². The number of hydrogen-bond acceptors (Lipinski definition) is 4. The summed E-state index contributed by atoms with van der Waals surface area (Å²) in [5, 5.41) is 3.17. The summed E-state index contributed by atoms with van der Waals surface area (Å²) in [5.74, 6) is 1.47. The Morgan fingerprint density at radius 1 is 0.523 bits per heavy atom. The molecule has 0 bridgehead atoms. The first kappa shape index (κ1) is 21.1. The molecule has 0 radical (unpaired) electrons. The van der Waals surface area contributed by atoms with Crippen molar-refractivity contribution in [3.63, 3.8) is 0 Å². The van der Waals surface area contributed by atoms with Gasteiger partial charge in [-0.3, -0.25) is 4.57 Å². The summed E-state index contributed by atoms with van der Waals surface area (Å²) < 4.78 is 38.1. The largest absolute Gasteiger partial charge is 0.277 e. The fourth-order valence-electron chi connectivity index (χ4n) is 5.99. The number of thiophene rings is 1. The monoisotopic (exact) mass is 584 g/mol. The molecule has 6 aromatic carbocycles. The van der Waals surface area contributed by atoms with E-state index in [-0.39, 0.29) is 24.2 Å². The number of nitrogens with zero attached hydrogens (tertiary/aromatic N) is 4. The average Bonchev–Trinajstić information content (AvgIpc) is 3.70. The Morgan fingerprint density at radius 3 is 1.84 bits per heavy atom. The number of rotatable bonds is 4. The Morgan fingerprint density at radius 2 is 1.16 bits per heavy atom. The van der Waals surface area contributed by atoms with E-state index in [2.05, 4.69) is 36.4 Å². The van der Waals surface area contributed by atoms with Crippen LogP contribution in [0.15, 0.2) is 145 Å².